The zero-order chi connectivity index (χ0) is 12.5. The molecular formula is C15H16BrN. The SMILES string of the molecule is CC(C)(C)C#CCn1ccc2cc(Br)ccc21. The zero-order valence-electron chi connectivity index (χ0n) is 10.4. The van der Waals surface area contributed by atoms with Crippen molar-refractivity contribution in [3.05, 3.63) is 34.9 Å². The highest BCUT2D eigenvalue weighted by Gasteiger charge is 2.03. The highest BCUT2D eigenvalue weighted by molar-refractivity contribution is 9.10. The van der Waals surface area contributed by atoms with Gasteiger partial charge in [-0.3, -0.25) is 0 Å². The second-order valence-corrected chi connectivity index (χ2v) is 6.11. The summed E-state index contributed by atoms with van der Waals surface area (Å²) in [5.74, 6) is 6.49. The number of aromatic nitrogens is 1. The maximum Gasteiger partial charge on any atom is 0.0837 e. The van der Waals surface area contributed by atoms with Gasteiger partial charge in [0, 0.05) is 27.0 Å². The molecule has 2 aromatic rings. The fourth-order valence-corrected chi connectivity index (χ4v) is 2.08. The molecule has 0 fully saturated rings. The molecule has 17 heavy (non-hydrogen) atoms. The summed E-state index contributed by atoms with van der Waals surface area (Å²) in [6.07, 6.45) is 2.09. The van der Waals surface area contributed by atoms with E-state index < -0.39 is 0 Å². The van der Waals surface area contributed by atoms with Crippen LogP contribution >= 0.6 is 15.9 Å². The Morgan fingerprint density at radius 2 is 2.00 bits per heavy atom. The van der Waals surface area contributed by atoms with Gasteiger partial charge < -0.3 is 4.57 Å². The van der Waals surface area contributed by atoms with Gasteiger partial charge in [0.05, 0.1) is 6.54 Å². The van der Waals surface area contributed by atoms with Crippen molar-refractivity contribution < 1.29 is 0 Å². The van der Waals surface area contributed by atoms with Crippen molar-refractivity contribution in [3.63, 3.8) is 0 Å². The van der Waals surface area contributed by atoms with Crippen molar-refractivity contribution in [3.8, 4) is 11.8 Å². The lowest BCUT2D eigenvalue weighted by atomic mass is 9.98. The smallest absolute Gasteiger partial charge is 0.0837 e. The Morgan fingerprint density at radius 3 is 2.71 bits per heavy atom. The summed E-state index contributed by atoms with van der Waals surface area (Å²) in [6, 6.07) is 8.44. The Labute approximate surface area is 111 Å². The summed E-state index contributed by atoms with van der Waals surface area (Å²) >= 11 is 3.48. The van der Waals surface area contributed by atoms with E-state index in [2.05, 4.69) is 83.6 Å². The van der Waals surface area contributed by atoms with Gasteiger partial charge in [0.15, 0.2) is 0 Å². The first-order chi connectivity index (χ1) is 7.96. The fourth-order valence-electron chi connectivity index (χ4n) is 1.70. The molecule has 0 radical (unpaired) electrons. The number of hydrogen-bond acceptors (Lipinski definition) is 0. The summed E-state index contributed by atoms with van der Waals surface area (Å²) < 4.78 is 3.30. The van der Waals surface area contributed by atoms with E-state index in [1.165, 1.54) is 10.9 Å². The van der Waals surface area contributed by atoms with Gasteiger partial charge in [-0.15, -0.1) is 0 Å². The maximum atomic E-state index is 3.48. The quantitative estimate of drug-likeness (QED) is 0.684. The summed E-state index contributed by atoms with van der Waals surface area (Å²) in [7, 11) is 0. The molecule has 1 aromatic carbocycles. The van der Waals surface area contributed by atoms with Crippen molar-refractivity contribution in [1.29, 1.82) is 0 Å². The minimum absolute atomic E-state index is 0.0754. The zero-order valence-corrected chi connectivity index (χ0v) is 12.0. The van der Waals surface area contributed by atoms with Gasteiger partial charge in [0.2, 0.25) is 0 Å². The highest BCUT2D eigenvalue weighted by atomic mass is 79.9. The van der Waals surface area contributed by atoms with Crippen LogP contribution in [0.3, 0.4) is 0 Å². The largest absolute Gasteiger partial charge is 0.336 e. The molecule has 0 aliphatic carbocycles. The van der Waals surface area contributed by atoms with Crippen molar-refractivity contribution in [2.24, 2.45) is 5.41 Å². The average molecular weight is 290 g/mol. The van der Waals surface area contributed by atoms with Gasteiger partial charge in [0.25, 0.3) is 0 Å². The minimum Gasteiger partial charge on any atom is -0.336 e. The van der Waals surface area contributed by atoms with Gasteiger partial charge in [-0.05, 0) is 45.0 Å². The molecule has 1 nitrogen and oxygen atoms in total. The Balaban J connectivity index is 2.28. The lowest BCUT2D eigenvalue weighted by Gasteiger charge is -2.07. The number of fused-ring (bicyclic) bond motifs is 1. The first-order valence-corrected chi connectivity index (χ1v) is 6.49. The van der Waals surface area contributed by atoms with Crippen LogP contribution in [0.2, 0.25) is 0 Å². The number of hydrogen-bond donors (Lipinski definition) is 0. The fraction of sp³-hybridized carbons (Fsp3) is 0.333. The molecule has 0 aliphatic heterocycles. The number of halogens is 1. The normalized spacial score (nSPS) is 11.3. The van der Waals surface area contributed by atoms with Crippen LogP contribution in [0, 0.1) is 17.3 Å². The molecule has 0 N–H and O–H groups in total. The molecule has 1 heterocycles. The monoisotopic (exact) mass is 289 g/mol. The third-order valence-electron chi connectivity index (χ3n) is 2.45. The topological polar surface area (TPSA) is 4.93 Å². The lowest BCUT2D eigenvalue weighted by molar-refractivity contribution is 0.569. The summed E-state index contributed by atoms with van der Waals surface area (Å²) in [6.45, 7) is 7.14. The number of nitrogens with zero attached hydrogens (tertiary/aromatic N) is 1. The molecule has 2 rings (SSSR count). The van der Waals surface area contributed by atoms with Gasteiger partial charge in [0.1, 0.15) is 0 Å². The highest BCUT2D eigenvalue weighted by Crippen LogP contribution is 2.20. The molecule has 0 saturated carbocycles. The van der Waals surface area contributed by atoms with Crippen LogP contribution in [0.25, 0.3) is 10.9 Å². The van der Waals surface area contributed by atoms with Crippen molar-refractivity contribution in [1.82, 2.24) is 4.57 Å². The van der Waals surface area contributed by atoms with E-state index in [0.717, 1.165) is 11.0 Å². The van der Waals surface area contributed by atoms with Crippen LogP contribution in [-0.2, 0) is 6.54 Å². The van der Waals surface area contributed by atoms with Crippen LogP contribution in [0.5, 0.6) is 0 Å². The Bertz CT molecular complexity index is 591. The molecule has 2 heteroatoms. The summed E-state index contributed by atoms with van der Waals surface area (Å²) in [4.78, 5) is 0. The van der Waals surface area contributed by atoms with E-state index in [4.69, 9.17) is 0 Å². The van der Waals surface area contributed by atoms with E-state index in [1.807, 2.05) is 0 Å². The third-order valence-corrected chi connectivity index (χ3v) is 2.94. The van der Waals surface area contributed by atoms with E-state index in [9.17, 15) is 0 Å². The second kappa shape index (κ2) is 4.58. The van der Waals surface area contributed by atoms with E-state index in [1.54, 1.807) is 0 Å². The first kappa shape index (κ1) is 12.3. The van der Waals surface area contributed by atoms with Crippen LogP contribution in [-0.4, -0.2) is 4.57 Å². The Morgan fingerprint density at radius 1 is 1.24 bits per heavy atom. The molecule has 0 spiro atoms. The predicted octanol–water partition coefficient (Wildman–Crippen LogP) is 4.45. The molecule has 0 aliphatic rings. The molecule has 0 unspecified atom stereocenters. The van der Waals surface area contributed by atoms with Crippen LogP contribution < -0.4 is 0 Å². The van der Waals surface area contributed by atoms with Crippen molar-refractivity contribution in [2.45, 2.75) is 27.3 Å². The molecule has 0 saturated heterocycles. The molecule has 0 amide bonds. The van der Waals surface area contributed by atoms with Crippen LogP contribution in [0.1, 0.15) is 20.8 Å². The van der Waals surface area contributed by atoms with Gasteiger partial charge in [-0.1, -0.05) is 27.8 Å². The molecule has 0 atom stereocenters. The standard InChI is InChI=1S/C15H16BrN/c1-15(2,3)8-4-9-17-10-7-12-11-13(16)5-6-14(12)17/h5-7,10-11H,9H2,1-3H3. The van der Waals surface area contributed by atoms with E-state index >= 15 is 0 Å². The van der Waals surface area contributed by atoms with Crippen LogP contribution in [0.4, 0.5) is 0 Å². The third kappa shape index (κ3) is 3.14. The Kier molecular flexibility index (Phi) is 3.31. The summed E-state index contributed by atoms with van der Waals surface area (Å²) in [5, 5.41) is 1.25. The van der Waals surface area contributed by atoms with E-state index in [-0.39, 0.29) is 5.41 Å². The maximum absolute atomic E-state index is 3.48. The predicted molar refractivity (Wildman–Crippen MR) is 76.9 cm³/mol. The molecule has 88 valence electrons. The van der Waals surface area contributed by atoms with Crippen molar-refractivity contribution in [2.75, 3.05) is 0 Å². The summed E-state index contributed by atoms with van der Waals surface area (Å²) in [5.41, 5.74) is 1.31. The molecular weight excluding hydrogens is 274 g/mol. The van der Waals surface area contributed by atoms with Gasteiger partial charge >= 0.3 is 0 Å². The minimum atomic E-state index is 0.0754. The Hall–Kier alpha value is -1.20. The van der Waals surface area contributed by atoms with E-state index in [0.29, 0.717) is 0 Å². The molecule has 0 bridgehead atoms. The lowest BCUT2D eigenvalue weighted by Crippen LogP contribution is -2.01. The first-order valence-electron chi connectivity index (χ1n) is 5.70. The van der Waals surface area contributed by atoms with Gasteiger partial charge in [-0.25, -0.2) is 0 Å². The van der Waals surface area contributed by atoms with Crippen molar-refractivity contribution >= 4 is 26.8 Å². The van der Waals surface area contributed by atoms with Crippen LogP contribution in [0.15, 0.2) is 34.9 Å². The second-order valence-electron chi connectivity index (χ2n) is 5.20. The van der Waals surface area contributed by atoms with Gasteiger partial charge in [-0.2, -0.15) is 0 Å². The number of benzene rings is 1. The molecule has 1 aromatic heterocycles. The number of rotatable bonds is 1. The average Bonchev–Trinajstić information content (AvgIpc) is 2.59.